The lowest BCUT2D eigenvalue weighted by molar-refractivity contribution is -0.120. The third-order valence-electron chi connectivity index (χ3n) is 0.950. The fourth-order valence-electron chi connectivity index (χ4n) is 0.467. The molecule has 1 N–H and O–H groups in total. The van der Waals surface area contributed by atoms with Gasteiger partial charge in [0.2, 0.25) is 5.91 Å². The molecular weight excluding hydrogens is 154 g/mol. The highest BCUT2D eigenvalue weighted by Gasteiger charge is 1.96. The van der Waals surface area contributed by atoms with Gasteiger partial charge in [0.05, 0.1) is 6.61 Å². The number of ether oxygens (including phenoxy) is 1. The molecule has 0 spiro atoms. The number of rotatable bonds is 5. The summed E-state index contributed by atoms with van der Waals surface area (Å²) in [6, 6.07) is 0. The van der Waals surface area contributed by atoms with Crippen molar-refractivity contribution in [2.24, 2.45) is 0 Å². The molecule has 10 heavy (non-hydrogen) atoms. The third kappa shape index (κ3) is 5.85. The van der Waals surface area contributed by atoms with Crippen molar-refractivity contribution in [3.05, 3.63) is 0 Å². The molecule has 60 valence electrons. The molecule has 0 aliphatic rings. The van der Waals surface area contributed by atoms with E-state index >= 15 is 0 Å². The summed E-state index contributed by atoms with van der Waals surface area (Å²) in [7, 11) is 1.59. The first-order chi connectivity index (χ1) is 4.81. The zero-order chi connectivity index (χ0) is 7.82. The molecular formula is C6H12ClNO2. The van der Waals surface area contributed by atoms with Crippen molar-refractivity contribution in [3.63, 3.8) is 0 Å². The summed E-state index contributed by atoms with van der Waals surface area (Å²) in [4.78, 5) is 10.7. The Bertz CT molecular complexity index is 97.7. The van der Waals surface area contributed by atoms with Crippen molar-refractivity contribution in [2.75, 3.05) is 26.1 Å². The van der Waals surface area contributed by atoms with Crippen LogP contribution in [0, 0.1) is 0 Å². The maximum absolute atomic E-state index is 10.7. The van der Waals surface area contributed by atoms with Crippen molar-refractivity contribution in [2.45, 2.75) is 6.42 Å². The zero-order valence-corrected chi connectivity index (χ0v) is 6.78. The third-order valence-corrected chi connectivity index (χ3v) is 1.14. The van der Waals surface area contributed by atoms with Gasteiger partial charge in [-0.2, -0.15) is 0 Å². The number of methoxy groups -OCH3 is 1. The molecule has 0 aromatic carbocycles. The Hall–Kier alpha value is -0.280. The quantitative estimate of drug-likeness (QED) is 0.473. The smallest absolute Gasteiger partial charge is 0.221 e. The van der Waals surface area contributed by atoms with Crippen LogP contribution in [0.1, 0.15) is 6.42 Å². The first-order valence-electron chi connectivity index (χ1n) is 3.13. The van der Waals surface area contributed by atoms with Gasteiger partial charge in [0.25, 0.3) is 0 Å². The summed E-state index contributed by atoms with van der Waals surface area (Å²) in [5.74, 6) is 0.353. The number of amides is 1. The van der Waals surface area contributed by atoms with Crippen LogP contribution in [0.2, 0.25) is 0 Å². The lowest BCUT2D eigenvalue weighted by atomic mass is 10.4. The fourth-order valence-corrected chi connectivity index (χ4v) is 0.638. The number of nitrogens with one attached hydrogen (secondary N) is 1. The number of carbonyl (C=O) groups excluding carboxylic acids is 1. The maximum atomic E-state index is 10.7. The lowest BCUT2D eigenvalue weighted by Crippen LogP contribution is -2.26. The van der Waals surface area contributed by atoms with Gasteiger partial charge < -0.3 is 10.1 Å². The van der Waals surface area contributed by atoms with Crippen LogP contribution in [-0.2, 0) is 9.53 Å². The number of hydrogen-bond acceptors (Lipinski definition) is 2. The monoisotopic (exact) mass is 165 g/mol. The molecule has 0 heterocycles. The highest BCUT2D eigenvalue weighted by atomic mass is 35.5. The molecule has 0 rings (SSSR count). The lowest BCUT2D eigenvalue weighted by Gasteiger charge is -2.01. The Labute approximate surface area is 65.7 Å². The first-order valence-corrected chi connectivity index (χ1v) is 3.66. The molecule has 0 atom stereocenters. The van der Waals surface area contributed by atoms with Gasteiger partial charge in [0.15, 0.2) is 0 Å². The summed E-state index contributed by atoms with van der Waals surface area (Å²) in [6.07, 6.45) is 0.380. The van der Waals surface area contributed by atoms with E-state index in [0.29, 0.717) is 25.5 Å². The van der Waals surface area contributed by atoms with Crippen LogP contribution in [0.3, 0.4) is 0 Å². The van der Waals surface area contributed by atoms with Gasteiger partial charge in [-0.25, -0.2) is 0 Å². The van der Waals surface area contributed by atoms with Crippen LogP contribution in [0.25, 0.3) is 0 Å². The largest absolute Gasteiger partial charge is 0.383 e. The highest BCUT2D eigenvalue weighted by Crippen LogP contribution is 1.82. The summed E-state index contributed by atoms with van der Waals surface area (Å²) < 4.78 is 4.72. The van der Waals surface area contributed by atoms with Gasteiger partial charge in [-0.15, -0.1) is 11.6 Å². The SMILES string of the molecule is COCCNC(=O)CCCl. The summed E-state index contributed by atoms with van der Waals surface area (Å²) in [5, 5.41) is 2.64. The normalized spacial score (nSPS) is 9.40. The Kier molecular flexibility index (Phi) is 6.64. The van der Waals surface area contributed by atoms with Crippen molar-refractivity contribution >= 4 is 17.5 Å². The molecule has 0 radical (unpaired) electrons. The second-order valence-electron chi connectivity index (χ2n) is 1.78. The molecule has 0 saturated heterocycles. The number of hydrogen-bond donors (Lipinski definition) is 1. The Balaban J connectivity index is 3.05. The predicted octanol–water partition coefficient (Wildman–Crippen LogP) is 0.378. The molecule has 0 aromatic rings. The van der Waals surface area contributed by atoms with E-state index in [9.17, 15) is 4.79 Å². The van der Waals surface area contributed by atoms with Crippen LogP contribution in [0.4, 0.5) is 0 Å². The van der Waals surface area contributed by atoms with Gasteiger partial charge in [0.1, 0.15) is 0 Å². The number of halogens is 1. The van der Waals surface area contributed by atoms with E-state index in [1.807, 2.05) is 0 Å². The Morgan fingerprint density at radius 1 is 1.70 bits per heavy atom. The summed E-state index contributed by atoms with van der Waals surface area (Å²) >= 11 is 5.32. The Morgan fingerprint density at radius 3 is 2.90 bits per heavy atom. The van der Waals surface area contributed by atoms with Crippen molar-refractivity contribution in [1.29, 1.82) is 0 Å². The molecule has 3 nitrogen and oxygen atoms in total. The van der Waals surface area contributed by atoms with E-state index in [-0.39, 0.29) is 5.91 Å². The molecule has 0 aliphatic heterocycles. The van der Waals surface area contributed by atoms with Gasteiger partial charge in [-0.1, -0.05) is 0 Å². The van der Waals surface area contributed by atoms with Gasteiger partial charge in [-0.05, 0) is 0 Å². The number of carbonyl (C=O) groups is 1. The minimum absolute atomic E-state index is 0.0212. The van der Waals surface area contributed by atoms with E-state index in [2.05, 4.69) is 5.32 Å². The molecule has 0 unspecified atom stereocenters. The first kappa shape index (κ1) is 9.72. The van der Waals surface area contributed by atoms with Crippen LogP contribution < -0.4 is 5.32 Å². The molecule has 1 amide bonds. The summed E-state index contributed by atoms with van der Waals surface area (Å²) in [6.45, 7) is 1.11. The van der Waals surface area contributed by atoms with Crippen molar-refractivity contribution in [1.82, 2.24) is 5.32 Å². The van der Waals surface area contributed by atoms with Gasteiger partial charge >= 0.3 is 0 Å². The van der Waals surface area contributed by atoms with Crippen molar-refractivity contribution < 1.29 is 9.53 Å². The fraction of sp³-hybridized carbons (Fsp3) is 0.833. The van der Waals surface area contributed by atoms with Crippen molar-refractivity contribution in [3.8, 4) is 0 Å². The average molecular weight is 166 g/mol. The minimum atomic E-state index is -0.0212. The molecule has 0 aromatic heterocycles. The second kappa shape index (κ2) is 6.83. The maximum Gasteiger partial charge on any atom is 0.221 e. The highest BCUT2D eigenvalue weighted by molar-refractivity contribution is 6.18. The summed E-state index contributed by atoms with van der Waals surface area (Å²) in [5.41, 5.74) is 0. The minimum Gasteiger partial charge on any atom is -0.383 e. The van der Waals surface area contributed by atoms with Gasteiger partial charge in [-0.3, -0.25) is 4.79 Å². The van der Waals surface area contributed by atoms with E-state index < -0.39 is 0 Å². The predicted molar refractivity (Wildman–Crippen MR) is 40.2 cm³/mol. The van der Waals surface area contributed by atoms with E-state index in [1.165, 1.54) is 0 Å². The zero-order valence-electron chi connectivity index (χ0n) is 6.02. The van der Waals surface area contributed by atoms with E-state index in [4.69, 9.17) is 16.3 Å². The van der Waals surface area contributed by atoms with Crippen LogP contribution in [0.5, 0.6) is 0 Å². The van der Waals surface area contributed by atoms with E-state index in [1.54, 1.807) is 7.11 Å². The topological polar surface area (TPSA) is 38.3 Å². The van der Waals surface area contributed by atoms with Crippen LogP contribution >= 0.6 is 11.6 Å². The van der Waals surface area contributed by atoms with Gasteiger partial charge in [0, 0.05) is 26.0 Å². The van der Waals surface area contributed by atoms with Crippen LogP contribution in [0.15, 0.2) is 0 Å². The van der Waals surface area contributed by atoms with E-state index in [0.717, 1.165) is 0 Å². The second-order valence-corrected chi connectivity index (χ2v) is 2.16. The standard InChI is InChI=1S/C6H12ClNO2/c1-10-5-4-8-6(9)2-3-7/h2-5H2,1H3,(H,8,9). The average Bonchev–Trinajstić information content (AvgIpc) is 1.89. The molecule has 0 aliphatic carbocycles. The Morgan fingerprint density at radius 2 is 2.40 bits per heavy atom. The molecule has 0 bridgehead atoms. The molecule has 0 fully saturated rings. The molecule has 0 saturated carbocycles. The number of alkyl halides is 1. The molecule has 4 heteroatoms. The van der Waals surface area contributed by atoms with Crippen LogP contribution in [-0.4, -0.2) is 32.0 Å².